The number of anilines is 1. The van der Waals surface area contributed by atoms with Crippen molar-refractivity contribution in [1.29, 1.82) is 0 Å². The lowest BCUT2D eigenvalue weighted by Gasteiger charge is -2.09. The number of rotatable bonds is 7. The number of ether oxygens (including phenoxy) is 2. The van der Waals surface area contributed by atoms with E-state index in [9.17, 15) is 14.0 Å². The molecule has 5 nitrogen and oxygen atoms in total. The van der Waals surface area contributed by atoms with Gasteiger partial charge in [0.1, 0.15) is 11.6 Å². The monoisotopic (exact) mass is 379 g/mol. The molecule has 0 bridgehead atoms. The van der Waals surface area contributed by atoms with E-state index in [0.717, 1.165) is 11.1 Å². The zero-order valence-corrected chi connectivity index (χ0v) is 14.9. The molecular formula is C22H18FNO4. The van der Waals surface area contributed by atoms with Crippen molar-refractivity contribution in [3.63, 3.8) is 0 Å². The molecule has 0 saturated heterocycles. The molecule has 142 valence electrons. The van der Waals surface area contributed by atoms with Gasteiger partial charge < -0.3 is 14.8 Å². The molecule has 0 aliphatic heterocycles. The Labute approximate surface area is 161 Å². The summed E-state index contributed by atoms with van der Waals surface area (Å²) in [6, 6.07) is 22.9. The molecule has 0 fully saturated rings. The van der Waals surface area contributed by atoms with Crippen molar-refractivity contribution in [2.45, 2.75) is 0 Å². The molecule has 3 rings (SSSR count). The molecule has 0 aliphatic rings. The van der Waals surface area contributed by atoms with Gasteiger partial charge in [0.05, 0.1) is 5.69 Å². The van der Waals surface area contributed by atoms with Crippen LogP contribution in [0.5, 0.6) is 5.75 Å². The molecule has 1 amide bonds. The highest BCUT2D eigenvalue weighted by Gasteiger charge is 2.10. The second kappa shape index (κ2) is 9.32. The molecule has 0 aromatic heterocycles. The largest absolute Gasteiger partial charge is 0.482 e. The predicted molar refractivity (Wildman–Crippen MR) is 103 cm³/mol. The molecule has 0 radical (unpaired) electrons. The van der Waals surface area contributed by atoms with Crippen LogP contribution >= 0.6 is 0 Å². The van der Waals surface area contributed by atoms with E-state index in [2.05, 4.69) is 5.32 Å². The number of para-hydroxylation sites is 1. The second-order valence-corrected chi connectivity index (χ2v) is 5.87. The molecule has 0 spiro atoms. The first-order valence-electron chi connectivity index (χ1n) is 8.60. The molecule has 0 unspecified atom stereocenters. The summed E-state index contributed by atoms with van der Waals surface area (Å²) in [4.78, 5) is 23.4. The minimum absolute atomic E-state index is 0.0262. The lowest BCUT2D eigenvalue weighted by molar-refractivity contribution is -0.149. The van der Waals surface area contributed by atoms with Crippen LogP contribution in [0.15, 0.2) is 78.9 Å². The molecular weight excluding hydrogens is 361 g/mol. The number of halogens is 1. The van der Waals surface area contributed by atoms with Crippen molar-refractivity contribution >= 4 is 17.6 Å². The molecule has 0 saturated carbocycles. The zero-order valence-electron chi connectivity index (χ0n) is 14.9. The van der Waals surface area contributed by atoms with Crippen molar-refractivity contribution in [2.24, 2.45) is 0 Å². The lowest BCUT2D eigenvalue weighted by atomic mass is 10.1. The minimum atomic E-state index is -0.698. The van der Waals surface area contributed by atoms with Gasteiger partial charge in [0.15, 0.2) is 13.2 Å². The summed E-state index contributed by atoms with van der Waals surface area (Å²) in [5.41, 5.74) is 2.13. The van der Waals surface area contributed by atoms with Crippen LogP contribution in [0.4, 0.5) is 10.1 Å². The van der Waals surface area contributed by atoms with E-state index in [1.165, 1.54) is 18.2 Å². The van der Waals surface area contributed by atoms with Crippen molar-refractivity contribution in [3.05, 3.63) is 84.7 Å². The van der Waals surface area contributed by atoms with Crippen LogP contribution in [0, 0.1) is 5.82 Å². The van der Waals surface area contributed by atoms with E-state index in [4.69, 9.17) is 9.47 Å². The Kier molecular flexibility index (Phi) is 6.36. The van der Waals surface area contributed by atoms with Gasteiger partial charge in [-0.05, 0) is 35.4 Å². The third-order valence-electron chi connectivity index (χ3n) is 3.83. The summed E-state index contributed by atoms with van der Waals surface area (Å²) in [5, 5.41) is 2.33. The maximum absolute atomic E-state index is 13.5. The summed E-state index contributed by atoms with van der Waals surface area (Å²) in [5.74, 6) is -1.39. The van der Waals surface area contributed by atoms with Crippen molar-refractivity contribution in [2.75, 3.05) is 18.5 Å². The van der Waals surface area contributed by atoms with Crippen molar-refractivity contribution in [3.8, 4) is 16.9 Å². The van der Waals surface area contributed by atoms with Gasteiger partial charge in [-0.15, -0.1) is 0 Å². The van der Waals surface area contributed by atoms with Crippen LogP contribution in [0.1, 0.15) is 0 Å². The summed E-state index contributed by atoms with van der Waals surface area (Å²) in [6.45, 7) is -0.860. The van der Waals surface area contributed by atoms with Crippen LogP contribution in [0.2, 0.25) is 0 Å². The van der Waals surface area contributed by atoms with E-state index in [0.29, 0.717) is 5.75 Å². The Morgan fingerprint density at radius 1 is 0.786 bits per heavy atom. The Hall–Kier alpha value is -3.67. The number of carbonyl (C=O) groups excluding carboxylic acids is 2. The van der Waals surface area contributed by atoms with E-state index in [1.54, 1.807) is 18.2 Å². The summed E-state index contributed by atoms with van der Waals surface area (Å²) < 4.78 is 23.6. The number of carbonyl (C=O) groups is 2. The zero-order chi connectivity index (χ0) is 19.8. The third-order valence-corrected chi connectivity index (χ3v) is 3.83. The maximum Gasteiger partial charge on any atom is 0.344 e. The number of hydrogen-bond acceptors (Lipinski definition) is 4. The summed E-state index contributed by atoms with van der Waals surface area (Å²) in [6.07, 6.45) is 0. The molecule has 0 aliphatic carbocycles. The van der Waals surface area contributed by atoms with Crippen LogP contribution < -0.4 is 10.1 Å². The highest BCUT2D eigenvalue weighted by molar-refractivity contribution is 5.92. The molecule has 6 heteroatoms. The highest BCUT2D eigenvalue weighted by atomic mass is 19.1. The molecule has 3 aromatic carbocycles. The first-order chi connectivity index (χ1) is 13.6. The molecule has 28 heavy (non-hydrogen) atoms. The second-order valence-electron chi connectivity index (χ2n) is 5.87. The highest BCUT2D eigenvalue weighted by Crippen LogP contribution is 2.22. The van der Waals surface area contributed by atoms with Gasteiger partial charge in [0.2, 0.25) is 0 Å². The fourth-order valence-corrected chi connectivity index (χ4v) is 2.45. The van der Waals surface area contributed by atoms with Crippen LogP contribution in [-0.2, 0) is 14.3 Å². The van der Waals surface area contributed by atoms with Crippen molar-refractivity contribution < 1.29 is 23.5 Å². The van der Waals surface area contributed by atoms with Gasteiger partial charge in [-0.1, -0.05) is 54.6 Å². The van der Waals surface area contributed by atoms with Crippen molar-refractivity contribution in [1.82, 2.24) is 0 Å². The molecule has 3 aromatic rings. The number of hydrogen-bond donors (Lipinski definition) is 1. The fourth-order valence-electron chi connectivity index (χ4n) is 2.45. The Morgan fingerprint density at radius 3 is 2.14 bits per heavy atom. The van der Waals surface area contributed by atoms with Crippen LogP contribution in [0.3, 0.4) is 0 Å². The Morgan fingerprint density at radius 2 is 1.43 bits per heavy atom. The Balaban J connectivity index is 1.43. The number of nitrogens with one attached hydrogen (secondary N) is 1. The molecule has 0 atom stereocenters. The van der Waals surface area contributed by atoms with Gasteiger partial charge in [-0.2, -0.15) is 0 Å². The average Bonchev–Trinajstić information content (AvgIpc) is 2.73. The van der Waals surface area contributed by atoms with E-state index in [-0.39, 0.29) is 12.3 Å². The average molecular weight is 379 g/mol. The standard InChI is InChI=1S/C22H18FNO4/c23-19-8-4-5-9-20(19)24-21(25)14-28-22(26)15-27-18-12-10-17(11-13-18)16-6-2-1-3-7-16/h1-13H,14-15H2,(H,24,25). The summed E-state index contributed by atoms with van der Waals surface area (Å²) in [7, 11) is 0. The Bertz CT molecular complexity index is 942. The quantitative estimate of drug-likeness (QED) is 0.629. The minimum Gasteiger partial charge on any atom is -0.482 e. The van der Waals surface area contributed by atoms with Crippen LogP contribution in [0.25, 0.3) is 11.1 Å². The third kappa shape index (κ3) is 5.41. The van der Waals surface area contributed by atoms with Gasteiger partial charge in [0.25, 0.3) is 5.91 Å². The van der Waals surface area contributed by atoms with E-state index in [1.807, 2.05) is 42.5 Å². The number of esters is 1. The fraction of sp³-hybridized carbons (Fsp3) is 0.0909. The lowest BCUT2D eigenvalue weighted by Crippen LogP contribution is -2.24. The predicted octanol–water partition coefficient (Wildman–Crippen LogP) is 4.05. The maximum atomic E-state index is 13.5. The first kappa shape index (κ1) is 19.1. The number of amides is 1. The van der Waals surface area contributed by atoms with Crippen LogP contribution in [-0.4, -0.2) is 25.1 Å². The normalized spacial score (nSPS) is 10.2. The van der Waals surface area contributed by atoms with E-state index < -0.39 is 24.3 Å². The van der Waals surface area contributed by atoms with Gasteiger partial charge in [0, 0.05) is 0 Å². The molecule has 0 heterocycles. The van der Waals surface area contributed by atoms with Gasteiger partial charge >= 0.3 is 5.97 Å². The smallest absolute Gasteiger partial charge is 0.344 e. The first-order valence-corrected chi connectivity index (χ1v) is 8.60. The molecule has 1 N–H and O–H groups in total. The van der Waals surface area contributed by atoms with Gasteiger partial charge in [-0.3, -0.25) is 4.79 Å². The topological polar surface area (TPSA) is 64.6 Å². The number of benzene rings is 3. The van der Waals surface area contributed by atoms with E-state index >= 15 is 0 Å². The SMILES string of the molecule is O=C(COC(=O)COc1ccc(-c2ccccc2)cc1)Nc1ccccc1F. The summed E-state index contributed by atoms with van der Waals surface area (Å²) >= 11 is 0. The van der Waals surface area contributed by atoms with Gasteiger partial charge in [-0.25, -0.2) is 9.18 Å².